The Morgan fingerprint density at radius 3 is 1.30 bits per heavy atom. The number of likely N-dealkylation sites (N-methyl/N-ethyl adjacent to an activating group) is 1. The van der Waals surface area contributed by atoms with E-state index < -0.39 is 35.4 Å². The molecule has 7 heteroatoms. The van der Waals surface area contributed by atoms with Crippen molar-refractivity contribution in [1.29, 1.82) is 0 Å². The molecule has 8 rings (SSSR count). The quantitative estimate of drug-likeness (QED) is 0.0533. The molecule has 1 saturated heterocycles. The van der Waals surface area contributed by atoms with Crippen LogP contribution in [0.3, 0.4) is 0 Å². The molecule has 6 aromatic rings. The van der Waals surface area contributed by atoms with Gasteiger partial charge in [0, 0.05) is 13.1 Å². The van der Waals surface area contributed by atoms with Crippen molar-refractivity contribution in [3.63, 3.8) is 0 Å². The molecule has 0 aliphatic carbocycles. The van der Waals surface area contributed by atoms with Gasteiger partial charge in [0.15, 0.2) is 0 Å². The summed E-state index contributed by atoms with van der Waals surface area (Å²) in [5.74, 6) is -1.47. The molecule has 0 bridgehead atoms. The van der Waals surface area contributed by atoms with Crippen molar-refractivity contribution in [2.75, 3.05) is 13.7 Å². The second-order valence-corrected chi connectivity index (χ2v) is 15.6. The molecule has 5 atom stereocenters. The number of nitrogens with zero attached hydrogens (tertiary/aromatic N) is 1. The minimum Gasteiger partial charge on any atom is -0.367 e. The molecule has 0 radical (unpaired) electrons. The van der Waals surface area contributed by atoms with E-state index in [9.17, 15) is 9.59 Å². The van der Waals surface area contributed by atoms with Gasteiger partial charge in [0.1, 0.15) is 23.4 Å². The first kappa shape index (κ1) is 37.7. The lowest BCUT2D eigenvalue weighted by atomic mass is 9.79. The molecule has 2 aliphatic rings. The van der Waals surface area contributed by atoms with Crippen LogP contribution < -0.4 is 0 Å². The van der Waals surface area contributed by atoms with Gasteiger partial charge in [-0.15, -0.1) is 0 Å². The molecule has 280 valence electrons. The van der Waals surface area contributed by atoms with Crippen LogP contribution in [0.2, 0.25) is 0 Å². The summed E-state index contributed by atoms with van der Waals surface area (Å²) >= 11 is 2.43. The van der Waals surface area contributed by atoms with Crippen LogP contribution in [0.25, 0.3) is 0 Å². The molecule has 1 unspecified atom stereocenters. The summed E-state index contributed by atoms with van der Waals surface area (Å²) < 4.78 is 21.8. The van der Waals surface area contributed by atoms with Gasteiger partial charge in [-0.05, 0) is 33.4 Å². The Kier molecular flexibility index (Phi) is 11.1. The number of alkyl halides is 1. The first-order valence-corrected chi connectivity index (χ1v) is 20.1. The molecule has 0 spiro atoms. The van der Waals surface area contributed by atoms with Gasteiger partial charge >= 0.3 is 0 Å². The minimum atomic E-state index is -1.08. The van der Waals surface area contributed by atoms with E-state index in [1.165, 1.54) is 18.0 Å². The summed E-state index contributed by atoms with van der Waals surface area (Å²) in [5, 5.41) is 0. The Bertz CT molecular complexity index is 2060. The van der Waals surface area contributed by atoms with Gasteiger partial charge in [0.2, 0.25) is 5.91 Å². The van der Waals surface area contributed by atoms with E-state index >= 15 is 0 Å². The van der Waals surface area contributed by atoms with E-state index in [1.54, 1.807) is 6.08 Å². The van der Waals surface area contributed by atoms with Gasteiger partial charge in [-0.2, -0.15) is 0 Å². The number of carbonyl (C=O) groups is 2. The largest absolute Gasteiger partial charge is 0.367 e. The summed E-state index contributed by atoms with van der Waals surface area (Å²) in [7, 11) is 1.52. The van der Waals surface area contributed by atoms with Gasteiger partial charge in [0.25, 0.3) is 5.91 Å². The number of amides is 2. The molecular formula is C49H42INO5. The molecular weight excluding hydrogens is 809 g/mol. The first-order chi connectivity index (χ1) is 27.4. The molecule has 2 heterocycles. The van der Waals surface area contributed by atoms with E-state index in [-0.39, 0.29) is 22.3 Å². The second kappa shape index (κ2) is 16.5. The SMILES string of the molecule is CN1C(=O)C=CC([C@@H]2O[C@H](COC(c3ccccc3)(c3ccccc3)c3ccccc3)[C@@H](I)[C@H]2OC(c2ccccc2)(c2ccccc2)c2ccccc2)C1=O. The number of hydrogen-bond donors (Lipinski definition) is 0. The van der Waals surface area contributed by atoms with E-state index in [0.717, 1.165) is 33.4 Å². The van der Waals surface area contributed by atoms with Gasteiger partial charge in [0.05, 0.1) is 22.6 Å². The Hall–Kier alpha value is -5.19. The highest BCUT2D eigenvalue weighted by atomic mass is 127. The monoisotopic (exact) mass is 851 g/mol. The normalized spacial score (nSPS) is 21.3. The number of halogens is 1. The Morgan fingerprint density at radius 2 is 0.929 bits per heavy atom. The van der Waals surface area contributed by atoms with Crippen LogP contribution in [0.15, 0.2) is 194 Å². The predicted molar refractivity (Wildman–Crippen MR) is 226 cm³/mol. The van der Waals surface area contributed by atoms with Gasteiger partial charge < -0.3 is 14.2 Å². The summed E-state index contributed by atoms with van der Waals surface area (Å²) in [6.45, 7) is 0.178. The van der Waals surface area contributed by atoms with Crippen molar-refractivity contribution in [1.82, 2.24) is 4.90 Å². The molecule has 0 aromatic heterocycles. The third kappa shape index (κ3) is 6.94. The van der Waals surface area contributed by atoms with Crippen LogP contribution in [-0.2, 0) is 35.0 Å². The smallest absolute Gasteiger partial charge is 0.252 e. The lowest BCUT2D eigenvalue weighted by Gasteiger charge is -2.41. The Morgan fingerprint density at radius 1 is 0.571 bits per heavy atom. The zero-order valence-electron chi connectivity index (χ0n) is 30.9. The molecule has 6 aromatic carbocycles. The number of hydrogen-bond acceptors (Lipinski definition) is 5. The maximum absolute atomic E-state index is 14.0. The van der Waals surface area contributed by atoms with Gasteiger partial charge in [-0.3, -0.25) is 14.5 Å². The van der Waals surface area contributed by atoms with Crippen LogP contribution in [-0.4, -0.2) is 52.6 Å². The number of ether oxygens (including phenoxy) is 3. The van der Waals surface area contributed by atoms with Gasteiger partial charge in [-0.25, -0.2) is 0 Å². The van der Waals surface area contributed by atoms with E-state index in [1.807, 2.05) is 109 Å². The highest BCUT2D eigenvalue weighted by Gasteiger charge is 2.54. The summed E-state index contributed by atoms with van der Waals surface area (Å²) in [6.07, 6.45) is 1.24. The first-order valence-electron chi connectivity index (χ1n) is 18.9. The van der Waals surface area contributed by atoms with Crippen LogP contribution in [0.5, 0.6) is 0 Å². The van der Waals surface area contributed by atoms with Crippen molar-refractivity contribution in [2.24, 2.45) is 5.92 Å². The predicted octanol–water partition coefficient (Wildman–Crippen LogP) is 9.11. The number of carbonyl (C=O) groups excluding carboxylic acids is 2. The maximum Gasteiger partial charge on any atom is 0.252 e. The minimum absolute atomic E-state index is 0.178. The Balaban J connectivity index is 1.25. The fourth-order valence-electron chi connectivity index (χ4n) is 8.16. The molecule has 2 aliphatic heterocycles. The highest BCUT2D eigenvalue weighted by molar-refractivity contribution is 14.1. The van der Waals surface area contributed by atoms with Crippen molar-refractivity contribution >= 4 is 34.4 Å². The summed E-state index contributed by atoms with van der Waals surface area (Å²) in [4.78, 5) is 27.9. The van der Waals surface area contributed by atoms with Crippen molar-refractivity contribution < 1.29 is 23.8 Å². The third-order valence-corrected chi connectivity index (χ3v) is 12.4. The van der Waals surface area contributed by atoms with Crippen LogP contribution in [0.1, 0.15) is 33.4 Å². The lowest BCUT2D eigenvalue weighted by Crippen LogP contribution is -2.50. The zero-order valence-corrected chi connectivity index (χ0v) is 33.1. The summed E-state index contributed by atoms with van der Waals surface area (Å²) in [5.41, 5.74) is 3.69. The molecule has 1 fully saturated rings. The topological polar surface area (TPSA) is 65.1 Å². The standard InChI is InChI=1S/C49H42INO5/c1-51-43(52)33-32-41(47(51)53)45-46(56-49(38-26-14-5-15-27-38,39-28-16-6-17-29-39)40-30-18-7-19-31-40)44(50)42(55-45)34-54-48(35-20-8-2-9-21-35,36-22-10-3-11-23-36)37-24-12-4-13-25-37/h2-33,41-42,44-46H,34H2,1H3/t41?,42-,44-,45+,46-/m1/s1. The van der Waals surface area contributed by atoms with Crippen LogP contribution >= 0.6 is 22.6 Å². The fraction of sp³-hybridized carbons (Fsp3) is 0.184. The molecule has 2 amide bonds. The lowest BCUT2D eigenvalue weighted by molar-refractivity contribution is -0.152. The van der Waals surface area contributed by atoms with E-state index in [2.05, 4.69) is 95.4 Å². The zero-order chi connectivity index (χ0) is 38.5. The average Bonchev–Trinajstić information content (AvgIpc) is 3.57. The number of benzene rings is 6. The van der Waals surface area contributed by atoms with Crippen LogP contribution in [0.4, 0.5) is 0 Å². The number of rotatable bonds is 12. The van der Waals surface area contributed by atoms with Gasteiger partial charge in [-0.1, -0.05) is 211 Å². The number of imide groups is 1. The van der Waals surface area contributed by atoms with Crippen LogP contribution in [0, 0.1) is 5.92 Å². The highest BCUT2D eigenvalue weighted by Crippen LogP contribution is 2.48. The molecule has 56 heavy (non-hydrogen) atoms. The Labute approximate surface area is 341 Å². The molecule has 6 nitrogen and oxygen atoms in total. The van der Waals surface area contributed by atoms with Crippen molar-refractivity contribution in [3.05, 3.63) is 228 Å². The fourth-order valence-corrected chi connectivity index (χ4v) is 9.10. The second-order valence-electron chi connectivity index (χ2n) is 14.2. The van der Waals surface area contributed by atoms with E-state index in [4.69, 9.17) is 14.2 Å². The molecule has 0 N–H and O–H groups in total. The third-order valence-electron chi connectivity index (χ3n) is 10.9. The van der Waals surface area contributed by atoms with Crippen molar-refractivity contribution in [3.8, 4) is 0 Å². The summed E-state index contributed by atoms with van der Waals surface area (Å²) in [6, 6.07) is 61.4. The van der Waals surface area contributed by atoms with E-state index in [0.29, 0.717) is 0 Å². The maximum atomic E-state index is 14.0. The van der Waals surface area contributed by atoms with Crippen molar-refractivity contribution in [2.45, 2.75) is 33.4 Å². The average molecular weight is 852 g/mol. The molecule has 0 saturated carbocycles.